The molecule has 0 heterocycles. The van der Waals surface area contributed by atoms with Crippen LogP contribution in [-0.2, 0) is 9.59 Å². The molecule has 2 N–H and O–H groups in total. The second-order valence-electron chi connectivity index (χ2n) is 3.09. The number of carbonyl (C=O) groups is 2. The van der Waals surface area contributed by atoms with Crippen molar-refractivity contribution in [3.8, 4) is 0 Å². The molecule has 4 nitrogen and oxygen atoms in total. The van der Waals surface area contributed by atoms with Crippen LogP contribution in [0.5, 0.6) is 0 Å². The molecule has 0 aliphatic heterocycles. The lowest BCUT2D eigenvalue weighted by Gasteiger charge is -2.19. The molecule has 0 aromatic rings. The molecule has 1 aliphatic carbocycles. The number of carboxylic acids is 2. The molecule has 1 unspecified atom stereocenters. The highest BCUT2D eigenvalue weighted by Crippen LogP contribution is 2.29. The van der Waals surface area contributed by atoms with Gasteiger partial charge in [0.05, 0.1) is 5.57 Å². The van der Waals surface area contributed by atoms with E-state index in [1.165, 1.54) is 12.2 Å². The van der Waals surface area contributed by atoms with Crippen molar-refractivity contribution >= 4 is 11.9 Å². The summed E-state index contributed by atoms with van der Waals surface area (Å²) in [4.78, 5) is 21.5. The third-order valence-electron chi connectivity index (χ3n) is 2.14. The Kier molecular flexibility index (Phi) is 2.56. The van der Waals surface area contributed by atoms with Gasteiger partial charge in [-0.2, -0.15) is 0 Å². The van der Waals surface area contributed by atoms with Crippen LogP contribution in [-0.4, -0.2) is 22.2 Å². The van der Waals surface area contributed by atoms with E-state index in [1.807, 2.05) is 0 Å². The first-order valence-electron chi connectivity index (χ1n) is 3.99. The number of allylic oxidation sites excluding steroid dienone is 2. The van der Waals surface area contributed by atoms with E-state index in [4.69, 9.17) is 10.2 Å². The van der Waals surface area contributed by atoms with Crippen molar-refractivity contribution in [2.24, 2.45) is 5.92 Å². The molecule has 14 heavy (non-hydrogen) atoms. The minimum absolute atomic E-state index is 0.0389. The summed E-state index contributed by atoms with van der Waals surface area (Å²) >= 11 is 0. The van der Waals surface area contributed by atoms with E-state index in [0.29, 0.717) is 5.57 Å². The van der Waals surface area contributed by atoms with Crippen LogP contribution in [0.25, 0.3) is 0 Å². The number of rotatable bonds is 2. The predicted molar refractivity (Wildman–Crippen MR) is 49.7 cm³/mol. The largest absolute Gasteiger partial charge is 0.481 e. The Balaban J connectivity index is 3.14. The molecule has 4 heteroatoms. The minimum Gasteiger partial charge on any atom is -0.481 e. The summed E-state index contributed by atoms with van der Waals surface area (Å²) in [6.45, 7) is 5.14. The number of hydrogen-bond donors (Lipinski definition) is 2. The second kappa shape index (κ2) is 3.49. The smallest absolute Gasteiger partial charge is 0.335 e. The van der Waals surface area contributed by atoms with Crippen LogP contribution in [0, 0.1) is 5.92 Å². The van der Waals surface area contributed by atoms with Crippen molar-refractivity contribution in [3.05, 3.63) is 35.5 Å². The molecule has 0 saturated carbocycles. The molecular weight excluding hydrogens is 184 g/mol. The van der Waals surface area contributed by atoms with E-state index in [2.05, 4.69) is 6.58 Å². The molecule has 0 fully saturated rings. The lowest BCUT2D eigenvalue weighted by Crippen LogP contribution is -2.22. The fraction of sp³-hybridized carbons (Fsp3) is 0.200. The van der Waals surface area contributed by atoms with Gasteiger partial charge in [0.2, 0.25) is 0 Å². The topological polar surface area (TPSA) is 74.6 Å². The number of hydrogen-bond acceptors (Lipinski definition) is 2. The molecule has 1 aliphatic rings. The van der Waals surface area contributed by atoms with Crippen LogP contribution in [0.3, 0.4) is 0 Å². The Morgan fingerprint density at radius 3 is 2.36 bits per heavy atom. The highest BCUT2D eigenvalue weighted by atomic mass is 16.4. The molecule has 74 valence electrons. The monoisotopic (exact) mass is 194 g/mol. The third kappa shape index (κ3) is 1.59. The molecule has 1 rings (SSSR count). The average Bonchev–Trinajstić information content (AvgIpc) is 2.02. The summed E-state index contributed by atoms with van der Waals surface area (Å²) < 4.78 is 0. The van der Waals surface area contributed by atoms with E-state index in [9.17, 15) is 9.59 Å². The number of aliphatic carboxylic acids is 2. The van der Waals surface area contributed by atoms with Gasteiger partial charge in [0, 0.05) is 0 Å². The van der Waals surface area contributed by atoms with Crippen LogP contribution in [0.2, 0.25) is 0 Å². The van der Waals surface area contributed by atoms with Gasteiger partial charge < -0.3 is 10.2 Å². The standard InChI is InChI=1S/C10H10O4/c1-5-3-4-7(9(11)12)6(2)8(5)10(13)14/h3-4,8H,2H2,1H3,(H,11,12)(H,13,14). The van der Waals surface area contributed by atoms with Crippen LogP contribution >= 0.6 is 0 Å². The van der Waals surface area contributed by atoms with Gasteiger partial charge in [-0.05, 0) is 18.6 Å². The molecular formula is C10H10O4. The van der Waals surface area contributed by atoms with Gasteiger partial charge >= 0.3 is 11.9 Å². The average molecular weight is 194 g/mol. The van der Waals surface area contributed by atoms with Gasteiger partial charge in [0.25, 0.3) is 0 Å². The van der Waals surface area contributed by atoms with Crippen molar-refractivity contribution in [2.45, 2.75) is 6.92 Å². The van der Waals surface area contributed by atoms with Gasteiger partial charge in [-0.25, -0.2) is 4.79 Å². The Bertz CT molecular complexity index is 374. The summed E-state index contributed by atoms with van der Waals surface area (Å²) in [6, 6.07) is 0. The maximum atomic E-state index is 10.8. The Hall–Kier alpha value is -1.84. The highest BCUT2D eigenvalue weighted by molar-refractivity contribution is 5.96. The van der Waals surface area contributed by atoms with Crippen molar-refractivity contribution < 1.29 is 19.8 Å². The van der Waals surface area contributed by atoms with Gasteiger partial charge in [-0.3, -0.25) is 4.79 Å². The third-order valence-corrected chi connectivity index (χ3v) is 2.14. The first-order valence-corrected chi connectivity index (χ1v) is 3.99. The summed E-state index contributed by atoms with van der Waals surface area (Å²) in [7, 11) is 0. The Labute approximate surface area is 80.9 Å². The van der Waals surface area contributed by atoms with E-state index >= 15 is 0 Å². The maximum Gasteiger partial charge on any atom is 0.335 e. The zero-order valence-corrected chi connectivity index (χ0v) is 7.65. The van der Waals surface area contributed by atoms with Crippen LogP contribution in [0.15, 0.2) is 35.5 Å². The van der Waals surface area contributed by atoms with Crippen LogP contribution in [0.4, 0.5) is 0 Å². The molecule has 0 aromatic carbocycles. The molecule has 0 saturated heterocycles. The van der Waals surface area contributed by atoms with Crippen molar-refractivity contribution in [3.63, 3.8) is 0 Å². The Morgan fingerprint density at radius 2 is 1.93 bits per heavy atom. The minimum atomic E-state index is -1.15. The first-order chi connectivity index (χ1) is 6.45. The zero-order chi connectivity index (χ0) is 10.9. The van der Waals surface area contributed by atoms with Crippen molar-refractivity contribution in [1.82, 2.24) is 0 Å². The lowest BCUT2D eigenvalue weighted by molar-refractivity contribution is -0.139. The molecule has 0 amide bonds. The molecule has 0 spiro atoms. The summed E-state index contributed by atoms with van der Waals surface area (Å²) in [5.74, 6) is -3.13. The SMILES string of the molecule is C=C1C(C(=O)O)=CC=C(C)C1C(=O)O. The van der Waals surface area contributed by atoms with E-state index in [-0.39, 0.29) is 11.1 Å². The second-order valence-corrected chi connectivity index (χ2v) is 3.09. The molecule has 0 bridgehead atoms. The predicted octanol–water partition coefficient (Wildman–Crippen LogP) is 1.21. The Morgan fingerprint density at radius 1 is 1.36 bits per heavy atom. The fourth-order valence-corrected chi connectivity index (χ4v) is 1.40. The summed E-state index contributed by atoms with van der Waals surface area (Å²) in [5.41, 5.74) is 0.681. The van der Waals surface area contributed by atoms with Gasteiger partial charge in [0.1, 0.15) is 5.92 Å². The molecule has 0 aromatic heterocycles. The highest BCUT2D eigenvalue weighted by Gasteiger charge is 2.29. The molecule has 0 radical (unpaired) electrons. The van der Waals surface area contributed by atoms with Crippen LogP contribution in [0.1, 0.15) is 6.92 Å². The van der Waals surface area contributed by atoms with Gasteiger partial charge in [-0.1, -0.05) is 18.2 Å². The quantitative estimate of drug-likeness (QED) is 0.692. The van der Waals surface area contributed by atoms with Gasteiger partial charge in [0.15, 0.2) is 0 Å². The zero-order valence-electron chi connectivity index (χ0n) is 7.65. The maximum absolute atomic E-state index is 10.8. The lowest BCUT2D eigenvalue weighted by atomic mass is 9.84. The number of carboxylic acid groups (broad SMARTS) is 2. The summed E-state index contributed by atoms with van der Waals surface area (Å²) in [6.07, 6.45) is 2.87. The fourth-order valence-electron chi connectivity index (χ4n) is 1.40. The van der Waals surface area contributed by atoms with Crippen LogP contribution < -0.4 is 0 Å². The normalized spacial score (nSPS) is 21.2. The van der Waals surface area contributed by atoms with E-state index in [0.717, 1.165) is 0 Å². The first kappa shape index (κ1) is 10.2. The van der Waals surface area contributed by atoms with Crippen molar-refractivity contribution in [1.29, 1.82) is 0 Å². The summed E-state index contributed by atoms with van der Waals surface area (Å²) in [5, 5.41) is 17.6. The van der Waals surface area contributed by atoms with E-state index in [1.54, 1.807) is 6.92 Å². The molecule has 1 atom stereocenters. The van der Waals surface area contributed by atoms with Crippen molar-refractivity contribution in [2.75, 3.05) is 0 Å². The van der Waals surface area contributed by atoms with E-state index < -0.39 is 17.9 Å². The van der Waals surface area contributed by atoms with Gasteiger partial charge in [-0.15, -0.1) is 0 Å².